The normalized spacial score (nSPS) is 16.9. The quantitative estimate of drug-likeness (QED) is 0.221. The highest BCUT2D eigenvalue weighted by molar-refractivity contribution is 8.06. The van der Waals surface area contributed by atoms with E-state index in [0.29, 0.717) is 0 Å². The molecule has 0 radical (unpaired) electrons. The first kappa shape index (κ1) is 35.1. The van der Waals surface area contributed by atoms with Crippen molar-refractivity contribution < 1.29 is 4.43 Å². The second-order valence-electron chi connectivity index (χ2n) is 17.0. The third-order valence-electron chi connectivity index (χ3n) is 14.8. The molecule has 0 fully saturated rings. The predicted molar refractivity (Wildman–Crippen MR) is 188 cm³/mol. The monoisotopic (exact) mass is 626 g/mol. The van der Waals surface area contributed by atoms with Gasteiger partial charge in [-0.05, 0) is 13.1 Å². The van der Waals surface area contributed by atoms with Crippen LogP contribution in [0.15, 0.2) is 0 Å². The molecular formula is C22H66OSi10. The molecule has 0 bridgehead atoms. The first-order chi connectivity index (χ1) is 13.8. The van der Waals surface area contributed by atoms with Gasteiger partial charge < -0.3 is 4.43 Å². The highest BCUT2D eigenvalue weighted by Gasteiger charge is 2.71. The van der Waals surface area contributed by atoms with E-state index in [4.69, 9.17) is 4.43 Å². The molecule has 0 N–H and O–H groups in total. The molecule has 0 aromatic heterocycles. The summed E-state index contributed by atoms with van der Waals surface area (Å²) in [6.45, 7) is 59.7. The van der Waals surface area contributed by atoms with E-state index >= 15 is 0 Å². The van der Waals surface area contributed by atoms with E-state index in [1.165, 1.54) is 0 Å². The summed E-state index contributed by atoms with van der Waals surface area (Å²) in [6.07, 6.45) is 0. The minimum Gasteiger partial charge on any atom is -0.423 e. The molecule has 0 aliphatic heterocycles. The van der Waals surface area contributed by atoms with Crippen LogP contribution in [-0.4, -0.2) is 79.4 Å². The molecule has 0 amide bonds. The molecule has 0 atom stereocenters. The lowest BCUT2D eigenvalue weighted by molar-refractivity contribution is 0.420. The first-order valence-electron chi connectivity index (χ1n) is 13.4. The molecule has 0 heterocycles. The van der Waals surface area contributed by atoms with Gasteiger partial charge in [-0.2, -0.15) is 0 Å². The molecule has 0 aliphatic rings. The van der Waals surface area contributed by atoms with Crippen molar-refractivity contribution in [3.05, 3.63) is 0 Å². The van der Waals surface area contributed by atoms with Gasteiger partial charge >= 0.3 is 0 Å². The van der Waals surface area contributed by atoms with Gasteiger partial charge in [0.25, 0.3) is 0 Å². The SMILES string of the molecule is CO[Si](C)(C)[Si](C)(C)[Si](C)(C)[Si](C)(C)[Si](C)(C)[Si](C)(C)[Si](C)(C)[Si](C)(C)[Si](C)(C)[Si](C)(C)C. The number of rotatable bonds is 10. The van der Waals surface area contributed by atoms with E-state index in [-0.39, 0.29) is 0 Å². The van der Waals surface area contributed by atoms with Gasteiger partial charge in [0.15, 0.2) is 7.83 Å². The van der Waals surface area contributed by atoms with Gasteiger partial charge in [-0.1, -0.05) is 124 Å². The van der Waals surface area contributed by atoms with Crippen molar-refractivity contribution >= 4 is 72.3 Å². The Hall–Kier alpha value is 2.13. The maximum Gasteiger partial charge on any atom is 0.170 e. The summed E-state index contributed by atoms with van der Waals surface area (Å²) in [5.41, 5.74) is 0. The van der Waals surface area contributed by atoms with E-state index < -0.39 is 72.3 Å². The van der Waals surface area contributed by atoms with Crippen LogP contribution < -0.4 is 0 Å². The summed E-state index contributed by atoms with van der Waals surface area (Å²) in [7, 11) is -11.6. The van der Waals surface area contributed by atoms with Crippen LogP contribution in [-0.2, 0) is 4.43 Å². The highest BCUT2D eigenvalue weighted by atomic mass is 30.1. The average Bonchev–Trinajstić information content (AvgIpc) is 2.59. The van der Waals surface area contributed by atoms with Crippen molar-refractivity contribution in [2.45, 2.75) is 137 Å². The molecule has 1 nitrogen and oxygen atoms in total. The maximum atomic E-state index is 6.40. The van der Waals surface area contributed by atoms with Crippen molar-refractivity contribution in [3.8, 4) is 0 Å². The van der Waals surface area contributed by atoms with Gasteiger partial charge in [-0.15, -0.1) is 0 Å². The second-order valence-corrected chi connectivity index (χ2v) is 131. The predicted octanol–water partition coefficient (Wildman–Crippen LogP) is 8.55. The lowest BCUT2D eigenvalue weighted by Gasteiger charge is -2.67. The van der Waals surface area contributed by atoms with Gasteiger partial charge in [0, 0.05) is 64.5 Å². The first-order valence-corrected chi connectivity index (χ1v) is 52.8. The van der Waals surface area contributed by atoms with Crippen molar-refractivity contribution in [2.75, 3.05) is 7.11 Å². The lowest BCUT2D eigenvalue weighted by Crippen LogP contribution is -2.94. The Morgan fingerprint density at radius 3 is 0.636 bits per heavy atom. The molecule has 0 aromatic rings. The van der Waals surface area contributed by atoms with E-state index in [1.54, 1.807) is 0 Å². The Morgan fingerprint density at radius 2 is 0.455 bits per heavy atom. The van der Waals surface area contributed by atoms with Gasteiger partial charge in [0.05, 0.1) is 7.11 Å². The summed E-state index contributed by atoms with van der Waals surface area (Å²) in [5, 5.41) is 0. The third kappa shape index (κ3) is 4.75. The van der Waals surface area contributed by atoms with Crippen LogP contribution in [0.2, 0.25) is 137 Å². The zero-order chi connectivity index (χ0) is 27.7. The Morgan fingerprint density at radius 1 is 0.273 bits per heavy atom. The van der Waals surface area contributed by atoms with E-state index in [2.05, 4.69) is 137 Å². The van der Waals surface area contributed by atoms with Gasteiger partial charge in [0.1, 0.15) is 0 Å². The van der Waals surface area contributed by atoms with Gasteiger partial charge in [-0.3, -0.25) is 0 Å². The number of hydrogen-bond acceptors (Lipinski definition) is 1. The smallest absolute Gasteiger partial charge is 0.170 e. The molecule has 200 valence electrons. The summed E-state index contributed by atoms with van der Waals surface area (Å²) < 4.78 is 6.40. The summed E-state index contributed by atoms with van der Waals surface area (Å²) >= 11 is 0. The molecule has 0 rings (SSSR count). The van der Waals surface area contributed by atoms with Crippen molar-refractivity contribution in [1.82, 2.24) is 0 Å². The fraction of sp³-hybridized carbons (Fsp3) is 1.00. The van der Waals surface area contributed by atoms with Crippen LogP contribution in [0.1, 0.15) is 0 Å². The van der Waals surface area contributed by atoms with Crippen molar-refractivity contribution in [2.24, 2.45) is 0 Å². The Balaban J connectivity index is 7.03. The Kier molecular flexibility index (Phi) is 10.0. The molecule has 0 aromatic carbocycles. The lowest BCUT2D eigenvalue weighted by atomic mass is 11.8. The van der Waals surface area contributed by atoms with Crippen LogP contribution in [0.5, 0.6) is 0 Å². The van der Waals surface area contributed by atoms with E-state index in [9.17, 15) is 0 Å². The summed E-state index contributed by atoms with van der Waals surface area (Å²) in [5.74, 6) is 0. The maximum absolute atomic E-state index is 6.40. The fourth-order valence-corrected chi connectivity index (χ4v) is 315. The topological polar surface area (TPSA) is 9.23 Å². The van der Waals surface area contributed by atoms with Gasteiger partial charge in [-0.25, -0.2) is 0 Å². The zero-order valence-electron chi connectivity index (χ0n) is 27.4. The highest BCUT2D eigenvalue weighted by Crippen LogP contribution is 2.47. The largest absolute Gasteiger partial charge is 0.423 e. The second kappa shape index (κ2) is 9.40. The molecule has 0 unspecified atom stereocenters. The van der Waals surface area contributed by atoms with E-state index in [0.717, 1.165) is 0 Å². The minimum atomic E-state index is -1.62. The van der Waals surface area contributed by atoms with Crippen molar-refractivity contribution in [1.29, 1.82) is 0 Å². The molecule has 0 spiro atoms. The number of hydrogen-bond donors (Lipinski definition) is 0. The summed E-state index contributed by atoms with van der Waals surface area (Å²) in [6, 6.07) is 0. The standard InChI is InChI=1S/C22H66OSi10/c1-23-25(5,6)27(9,10)29(13,14)31(17,18)33(21,22)32(19,20)30(15,16)28(11,12)26(7,8)24(2,3)4/h1-22H3. The Labute approximate surface area is 220 Å². The summed E-state index contributed by atoms with van der Waals surface area (Å²) in [4.78, 5) is 0. The van der Waals surface area contributed by atoms with Crippen LogP contribution in [0.3, 0.4) is 0 Å². The zero-order valence-corrected chi connectivity index (χ0v) is 37.4. The van der Waals surface area contributed by atoms with Crippen LogP contribution in [0.4, 0.5) is 0 Å². The fourth-order valence-electron chi connectivity index (χ4n) is 6.63. The molecule has 0 saturated heterocycles. The Bertz CT molecular complexity index is 713. The van der Waals surface area contributed by atoms with Gasteiger partial charge in [0.2, 0.25) is 0 Å². The van der Waals surface area contributed by atoms with Crippen molar-refractivity contribution in [3.63, 3.8) is 0 Å². The minimum absolute atomic E-state index is 1.12. The van der Waals surface area contributed by atoms with Crippen LogP contribution in [0.25, 0.3) is 0 Å². The molecule has 11 heteroatoms. The van der Waals surface area contributed by atoms with E-state index in [1.807, 2.05) is 7.11 Å². The molecule has 0 saturated carbocycles. The molecule has 33 heavy (non-hydrogen) atoms. The van der Waals surface area contributed by atoms with Crippen LogP contribution in [0, 0.1) is 0 Å². The third-order valence-corrected chi connectivity index (χ3v) is 238. The molecule has 0 aliphatic carbocycles. The van der Waals surface area contributed by atoms with Crippen LogP contribution >= 0.6 is 0 Å². The molecular weight excluding hydrogens is 561 g/mol. The average molecular weight is 628 g/mol.